The first-order chi connectivity index (χ1) is 21.2. The Morgan fingerprint density at radius 1 is 1.02 bits per heavy atom. The van der Waals surface area contributed by atoms with E-state index in [4.69, 9.17) is 4.63 Å². The van der Waals surface area contributed by atoms with Gasteiger partial charge in [0.2, 0.25) is 5.52 Å². The Balaban J connectivity index is 1.11. The monoisotopic (exact) mass is 605 g/mol. The summed E-state index contributed by atoms with van der Waals surface area (Å²) < 4.78 is 32.5. The van der Waals surface area contributed by atoms with Gasteiger partial charge < -0.3 is 4.90 Å². The third-order valence-electron chi connectivity index (χ3n) is 7.82. The summed E-state index contributed by atoms with van der Waals surface area (Å²) in [5.74, 6) is -2.70. The number of nitro benzene ring substituents is 1. The molecule has 3 aromatic carbocycles. The van der Waals surface area contributed by atoms with Crippen molar-refractivity contribution in [2.24, 2.45) is 5.92 Å². The molecule has 3 heterocycles. The number of carbonyl (C=O) groups excluding carboxylic acids is 3. The van der Waals surface area contributed by atoms with Crippen LogP contribution in [0.1, 0.15) is 39.1 Å². The van der Waals surface area contributed by atoms with E-state index in [1.54, 1.807) is 22.0 Å². The molecule has 3 amide bonds. The predicted molar refractivity (Wildman–Crippen MR) is 150 cm³/mol. The van der Waals surface area contributed by atoms with Crippen LogP contribution in [0.15, 0.2) is 59.2 Å². The number of piperidine rings is 1. The second-order valence-corrected chi connectivity index (χ2v) is 10.7. The fourth-order valence-corrected chi connectivity index (χ4v) is 5.61. The molecule has 2 aliphatic heterocycles. The maximum Gasteiger partial charge on any atom is 0.300 e. The van der Waals surface area contributed by atoms with E-state index in [1.165, 1.54) is 36.4 Å². The number of imide groups is 1. The van der Waals surface area contributed by atoms with E-state index in [2.05, 4.69) is 15.7 Å². The number of nitrogens with zero attached hydrogens (tertiary/aromatic N) is 6. The number of rotatable bonds is 9. The molecule has 0 spiro atoms. The minimum Gasteiger partial charge on any atom is -0.356 e. The van der Waals surface area contributed by atoms with Crippen molar-refractivity contribution >= 4 is 40.1 Å². The predicted octanol–water partition coefficient (Wildman–Crippen LogP) is 3.46. The molecule has 2 aliphatic rings. The topological polar surface area (TPSA) is 155 Å². The van der Waals surface area contributed by atoms with Crippen LogP contribution in [0.2, 0.25) is 0 Å². The average Bonchev–Trinajstić information content (AvgIpc) is 3.58. The Morgan fingerprint density at radius 2 is 1.75 bits per heavy atom. The van der Waals surface area contributed by atoms with Gasteiger partial charge in [-0.05, 0) is 65.0 Å². The summed E-state index contributed by atoms with van der Waals surface area (Å²) in [6.45, 7) is 1.01. The Bertz CT molecular complexity index is 1770. The molecule has 0 unspecified atom stereocenters. The second kappa shape index (κ2) is 11.8. The van der Waals surface area contributed by atoms with Crippen LogP contribution >= 0.6 is 0 Å². The van der Waals surface area contributed by atoms with E-state index in [9.17, 15) is 33.3 Å². The van der Waals surface area contributed by atoms with Gasteiger partial charge in [-0.1, -0.05) is 18.2 Å². The zero-order chi connectivity index (χ0) is 31.0. The second-order valence-electron chi connectivity index (χ2n) is 10.7. The number of halogens is 2. The Hall–Kier alpha value is -5.31. The number of anilines is 1. The summed E-state index contributed by atoms with van der Waals surface area (Å²) in [6.07, 6.45) is 1.14. The number of amides is 3. The van der Waals surface area contributed by atoms with E-state index in [0.29, 0.717) is 37.2 Å². The maximum absolute atomic E-state index is 14.2. The van der Waals surface area contributed by atoms with Crippen molar-refractivity contribution in [2.75, 3.05) is 31.1 Å². The van der Waals surface area contributed by atoms with Gasteiger partial charge in [0, 0.05) is 32.2 Å². The van der Waals surface area contributed by atoms with E-state index in [1.807, 2.05) is 0 Å². The summed E-state index contributed by atoms with van der Waals surface area (Å²) in [5.41, 5.74) is 3.51. The highest BCUT2D eigenvalue weighted by Crippen LogP contribution is 2.32. The standard InChI is InChI=1S/C29H25F2N7O6/c30-19-6-4-17(5-7-19)14-35(22-8-9-23(38(42)43)27-26(22)33-44-34-27)16-24(39)32-36-12-10-18(11-13-36)15-37-28(40)20-2-1-3-21(31)25(20)29(37)41/h1-9,18H,10-16H2,(H,32,39). The van der Waals surface area contributed by atoms with Crippen LogP contribution in [0.3, 0.4) is 0 Å². The van der Waals surface area contributed by atoms with E-state index in [0.717, 1.165) is 11.0 Å². The molecule has 226 valence electrons. The van der Waals surface area contributed by atoms with Gasteiger partial charge in [0.1, 0.15) is 11.6 Å². The van der Waals surface area contributed by atoms with Crippen molar-refractivity contribution in [2.45, 2.75) is 19.4 Å². The van der Waals surface area contributed by atoms with Crippen LogP contribution in [0.5, 0.6) is 0 Å². The first kappa shape index (κ1) is 28.8. The van der Waals surface area contributed by atoms with Gasteiger partial charge in [0.05, 0.1) is 28.3 Å². The lowest BCUT2D eigenvalue weighted by Crippen LogP contribution is -2.50. The molecule has 0 bridgehead atoms. The number of aromatic nitrogens is 2. The summed E-state index contributed by atoms with van der Waals surface area (Å²) in [6, 6.07) is 12.4. The third kappa shape index (κ3) is 5.56. The smallest absolute Gasteiger partial charge is 0.300 e. The van der Waals surface area contributed by atoms with E-state index < -0.39 is 28.4 Å². The van der Waals surface area contributed by atoms with Crippen LogP contribution in [-0.4, -0.2) is 69.0 Å². The number of hydrogen-bond donors (Lipinski definition) is 1. The van der Waals surface area contributed by atoms with Crippen molar-refractivity contribution < 1.29 is 32.7 Å². The van der Waals surface area contributed by atoms with Crippen LogP contribution in [0.4, 0.5) is 20.2 Å². The number of hydrogen-bond acceptors (Lipinski definition) is 10. The molecule has 4 aromatic rings. The molecule has 1 N–H and O–H groups in total. The number of non-ortho nitro benzene ring substituents is 1. The van der Waals surface area contributed by atoms with Crippen molar-refractivity contribution in [3.05, 3.63) is 93.0 Å². The average molecular weight is 606 g/mol. The minimum atomic E-state index is -0.719. The fourth-order valence-electron chi connectivity index (χ4n) is 5.61. The van der Waals surface area contributed by atoms with Crippen LogP contribution in [-0.2, 0) is 11.3 Å². The number of fused-ring (bicyclic) bond motifs is 2. The molecule has 0 atom stereocenters. The Morgan fingerprint density at radius 3 is 2.45 bits per heavy atom. The molecular formula is C29H25F2N7O6. The number of carbonyl (C=O) groups is 3. The Labute approximate surface area is 248 Å². The molecule has 15 heteroatoms. The molecule has 1 aromatic heterocycles. The molecule has 0 aliphatic carbocycles. The summed E-state index contributed by atoms with van der Waals surface area (Å²) in [5, 5.41) is 20.7. The molecule has 0 radical (unpaired) electrons. The van der Waals surface area contributed by atoms with Crippen LogP contribution < -0.4 is 10.3 Å². The maximum atomic E-state index is 14.2. The minimum absolute atomic E-state index is 0.0311. The summed E-state index contributed by atoms with van der Waals surface area (Å²) >= 11 is 0. The SMILES string of the molecule is O=C(CN(Cc1ccc(F)cc1)c1ccc([N+](=O)[O-])c2nonc12)NN1CCC(CN2C(=O)c3cccc(F)c3C2=O)CC1. The largest absolute Gasteiger partial charge is 0.356 e. The van der Waals surface area contributed by atoms with Gasteiger partial charge in [-0.25, -0.2) is 18.4 Å². The molecular weight excluding hydrogens is 580 g/mol. The van der Waals surface area contributed by atoms with Gasteiger partial charge in [-0.3, -0.25) is 34.8 Å². The quantitative estimate of drug-likeness (QED) is 0.170. The molecule has 1 fully saturated rings. The molecule has 1 saturated heterocycles. The van der Waals surface area contributed by atoms with Crippen molar-refractivity contribution in [1.29, 1.82) is 0 Å². The first-order valence-corrected chi connectivity index (χ1v) is 13.8. The van der Waals surface area contributed by atoms with Crippen molar-refractivity contribution in [1.82, 2.24) is 25.6 Å². The van der Waals surface area contributed by atoms with Gasteiger partial charge in [-0.15, -0.1) is 0 Å². The van der Waals surface area contributed by atoms with Gasteiger partial charge in [-0.2, -0.15) is 0 Å². The normalized spacial score (nSPS) is 15.5. The number of nitrogens with one attached hydrogen (secondary N) is 1. The first-order valence-electron chi connectivity index (χ1n) is 13.8. The number of benzene rings is 3. The van der Waals surface area contributed by atoms with Crippen molar-refractivity contribution in [3.8, 4) is 0 Å². The van der Waals surface area contributed by atoms with Crippen LogP contribution in [0, 0.1) is 27.7 Å². The highest BCUT2D eigenvalue weighted by molar-refractivity contribution is 6.21. The zero-order valence-corrected chi connectivity index (χ0v) is 23.1. The summed E-state index contributed by atoms with van der Waals surface area (Å²) in [7, 11) is 0. The molecule has 44 heavy (non-hydrogen) atoms. The lowest BCUT2D eigenvalue weighted by atomic mass is 9.97. The highest BCUT2D eigenvalue weighted by atomic mass is 19.1. The van der Waals surface area contributed by atoms with Crippen molar-refractivity contribution in [3.63, 3.8) is 0 Å². The fraction of sp³-hybridized carbons (Fsp3) is 0.276. The lowest BCUT2D eigenvalue weighted by molar-refractivity contribution is -0.383. The zero-order valence-electron chi connectivity index (χ0n) is 23.1. The molecule has 0 saturated carbocycles. The highest BCUT2D eigenvalue weighted by Gasteiger charge is 2.39. The lowest BCUT2D eigenvalue weighted by Gasteiger charge is -2.34. The summed E-state index contributed by atoms with van der Waals surface area (Å²) in [4.78, 5) is 52.3. The molecule has 13 nitrogen and oxygen atoms in total. The molecule has 6 rings (SSSR count). The van der Waals surface area contributed by atoms with E-state index in [-0.39, 0.29) is 59.3 Å². The number of nitro groups is 1. The van der Waals surface area contributed by atoms with Gasteiger partial charge in [0.15, 0.2) is 5.52 Å². The van der Waals surface area contributed by atoms with E-state index >= 15 is 0 Å². The number of hydrazine groups is 1. The Kier molecular flexibility index (Phi) is 7.69. The van der Waals surface area contributed by atoms with Gasteiger partial charge >= 0.3 is 5.69 Å². The van der Waals surface area contributed by atoms with Crippen LogP contribution in [0.25, 0.3) is 11.0 Å². The van der Waals surface area contributed by atoms with Gasteiger partial charge in [0.25, 0.3) is 17.7 Å². The third-order valence-corrected chi connectivity index (χ3v) is 7.82.